The summed E-state index contributed by atoms with van der Waals surface area (Å²) in [5.41, 5.74) is 4.91. The standard InChI is InChI=1S/C25H19Br2IN2O4/c1-2-33-22-12-15(10-19-24(31)29-30(25(19)32)18-6-4-3-5-7-18)11-21(28)23(22)34-14-16-8-9-17(26)13-20(16)27/h3-13H,2,14H2,1H3,(H,29,31)/b19-10-. The smallest absolute Gasteiger partial charge is 0.282 e. The lowest BCUT2D eigenvalue weighted by Gasteiger charge is -2.15. The zero-order chi connectivity index (χ0) is 24.2. The number of carbonyl (C=O) groups is 2. The third-order valence-electron chi connectivity index (χ3n) is 4.94. The summed E-state index contributed by atoms with van der Waals surface area (Å²) in [7, 11) is 0. The molecule has 174 valence electrons. The largest absolute Gasteiger partial charge is 0.490 e. The number of ether oxygens (including phenoxy) is 2. The monoisotopic (exact) mass is 696 g/mol. The molecule has 3 aromatic rings. The summed E-state index contributed by atoms with van der Waals surface area (Å²) in [5.74, 6) is 0.277. The number of hydrogen-bond donors (Lipinski definition) is 1. The maximum Gasteiger partial charge on any atom is 0.282 e. The number of para-hydroxylation sites is 1. The van der Waals surface area contributed by atoms with E-state index >= 15 is 0 Å². The highest BCUT2D eigenvalue weighted by Crippen LogP contribution is 2.36. The molecule has 2 amide bonds. The lowest BCUT2D eigenvalue weighted by Crippen LogP contribution is -2.35. The number of benzene rings is 3. The first-order chi connectivity index (χ1) is 16.4. The molecule has 0 radical (unpaired) electrons. The summed E-state index contributed by atoms with van der Waals surface area (Å²) in [6.07, 6.45) is 1.57. The van der Waals surface area contributed by atoms with E-state index in [0.717, 1.165) is 18.1 Å². The van der Waals surface area contributed by atoms with E-state index in [0.29, 0.717) is 36.0 Å². The second-order valence-electron chi connectivity index (χ2n) is 7.26. The summed E-state index contributed by atoms with van der Waals surface area (Å²) in [5, 5.41) is 1.25. The van der Waals surface area contributed by atoms with Crippen LogP contribution in [0.15, 0.2) is 75.2 Å². The van der Waals surface area contributed by atoms with E-state index in [1.165, 1.54) is 5.01 Å². The molecule has 1 aliphatic heterocycles. The molecule has 6 nitrogen and oxygen atoms in total. The molecule has 0 aromatic heterocycles. The molecule has 0 saturated carbocycles. The van der Waals surface area contributed by atoms with Crippen LogP contribution in [-0.2, 0) is 16.2 Å². The van der Waals surface area contributed by atoms with Crippen molar-refractivity contribution in [3.05, 3.63) is 89.9 Å². The average Bonchev–Trinajstić information content (AvgIpc) is 3.09. The minimum Gasteiger partial charge on any atom is -0.490 e. The van der Waals surface area contributed by atoms with Crippen molar-refractivity contribution in [2.24, 2.45) is 0 Å². The molecule has 0 unspecified atom stereocenters. The number of hydrogen-bond acceptors (Lipinski definition) is 4. The highest BCUT2D eigenvalue weighted by Gasteiger charge is 2.34. The molecule has 1 N–H and O–H groups in total. The van der Waals surface area contributed by atoms with Gasteiger partial charge < -0.3 is 9.47 Å². The van der Waals surface area contributed by atoms with Gasteiger partial charge in [-0.1, -0.05) is 56.1 Å². The number of carbonyl (C=O) groups excluding carboxylic acids is 2. The Hall–Kier alpha value is -2.37. The Morgan fingerprint density at radius 3 is 2.50 bits per heavy atom. The number of anilines is 1. The Kier molecular flexibility index (Phi) is 7.95. The Bertz CT molecular complexity index is 1280. The first-order valence-corrected chi connectivity index (χ1v) is 13.0. The fraction of sp³-hybridized carbons (Fsp3) is 0.120. The van der Waals surface area contributed by atoms with Gasteiger partial charge in [0.05, 0.1) is 15.9 Å². The van der Waals surface area contributed by atoms with Crippen LogP contribution in [0.3, 0.4) is 0 Å². The van der Waals surface area contributed by atoms with Crippen LogP contribution in [0, 0.1) is 3.57 Å². The first-order valence-electron chi connectivity index (χ1n) is 10.3. The molecule has 3 aromatic carbocycles. The molecule has 0 atom stereocenters. The van der Waals surface area contributed by atoms with E-state index in [4.69, 9.17) is 9.47 Å². The van der Waals surface area contributed by atoms with Crippen molar-refractivity contribution in [1.82, 2.24) is 5.43 Å². The summed E-state index contributed by atoms with van der Waals surface area (Å²) < 4.78 is 14.7. The van der Waals surface area contributed by atoms with Crippen LogP contribution in [0.25, 0.3) is 6.08 Å². The number of amides is 2. The lowest BCUT2D eigenvalue weighted by atomic mass is 10.1. The van der Waals surface area contributed by atoms with E-state index in [-0.39, 0.29) is 5.57 Å². The topological polar surface area (TPSA) is 67.9 Å². The highest BCUT2D eigenvalue weighted by atomic mass is 127. The van der Waals surface area contributed by atoms with Gasteiger partial charge in [-0.05, 0) is 77.6 Å². The van der Waals surface area contributed by atoms with Crippen molar-refractivity contribution in [2.45, 2.75) is 13.5 Å². The molecule has 0 bridgehead atoms. The third-order valence-corrected chi connectivity index (χ3v) is 6.97. The van der Waals surface area contributed by atoms with E-state index in [2.05, 4.69) is 59.9 Å². The van der Waals surface area contributed by atoms with Gasteiger partial charge in [0.1, 0.15) is 12.2 Å². The van der Waals surface area contributed by atoms with Crippen LogP contribution in [-0.4, -0.2) is 18.4 Å². The maximum absolute atomic E-state index is 12.9. The SMILES string of the molecule is CCOc1cc(/C=C2/C(=O)NN(c3ccccc3)C2=O)cc(I)c1OCc1ccc(Br)cc1Br. The molecule has 0 aliphatic carbocycles. The Morgan fingerprint density at radius 2 is 1.79 bits per heavy atom. The number of nitrogens with zero attached hydrogens (tertiary/aromatic N) is 1. The highest BCUT2D eigenvalue weighted by molar-refractivity contribution is 14.1. The van der Waals surface area contributed by atoms with Crippen molar-refractivity contribution in [1.29, 1.82) is 0 Å². The number of hydrazine groups is 1. The fourth-order valence-electron chi connectivity index (χ4n) is 3.35. The average molecular weight is 698 g/mol. The molecule has 4 rings (SSSR count). The zero-order valence-electron chi connectivity index (χ0n) is 18.0. The maximum atomic E-state index is 12.9. The van der Waals surface area contributed by atoms with E-state index in [1.54, 1.807) is 36.4 Å². The van der Waals surface area contributed by atoms with E-state index < -0.39 is 11.8 Å². The van der Waals surface area contributed by atoms with Crippen LogP contribution < -0.4 is 19.9 Å². The van der Waals surface area contributed by atoms with Crippen LogP contribution >= 0.6 is 54.5 Å². The van der Waals surface area contributed by atoms with Gasteiger partial charge in [-0.25, -0.2) is 5.01 Å². The first kappa shape index (κ1) is 24.7. The van der Waals surface area contributed by atoms with Gasteiger partial charge in [0.25, 0.3) is 11.8 Å². The zero-order valence-corrected chi connectivity index (χ0v) is 23.3. The van der Waals surface area contributed by atoms with Crippen LogP contribution in [0.4, 0.5) is 5.69 Å². The molecule has 1 heterocycles. The van der Waals surface area contributed by atoms with E-state index in [9.17, 15) is 9.59 Å². The molecule has 34 heavy (non-hydrogen) atoms. The minimum absolute atomic E-state index is 0.0505. The fourth-order valence-corrected chi connectivity index (χ4v) is 5.29. The van der Waals surface area contributed by atoms with Crippen molar-refractivity contribution >= 4 is 78.0 Å². The van der Waals surface area contributed by atoms with Crippen molar-refractivity contribution in [2.75, 3.05) is 11.6 Å². The summed E-state index contributed by atoms with van der Waals surface area (Å²) >= 11 is 9.18. The molecule has 9 heteroatoms. The summed E-state index contributed by atoms with van der Waals surface area (Å²) in [6, 6.07) is 18.5. The predicted octanol–water partition coefficient (Wildman–Crippen LogP) is 6.26. The second-order valence-corrected chi connectivity index (χ2v) is 10.2. The summed E-state index contributed by atoms with van der Waals surface area (Å²) in [4.78, 5) is 25.5. The molecule has 1 fully saturated rings. The lowest BCUT2D eigenvalue weighted by molar-refractivity contribution is -0.117. The normalized spacial score (nSPS) is 14.5. The Morgan fingerprint density at radius 1 is 1.03 bits per heavy atom. The molecule has 1 aliphatic rings. The van der Waals surface area contributed by atoms with Gasteiger partial charge in [-0.2, -0.15) is 0 Å². The quantitative estimate of drug-likeness (QED) is 0.180. The van der Waals surface area contributed by atoms with Crippen molar-refractivity contribution < 1.29 is 19.1 Å². The van der Waals surface area contributed by atoms with Gasteiger partial charge in [0.15, 0.2) is 11.5 Å². The number of rotatable bonds is 7. The van der Waals surface area contributed by atoms with Crippen LogP contribution in [0.2, 0.25) is 0 Å². The van der Waals surface area contributed by atoms with Crippen LogP contribution in [0.5, 0.6) is 11.5 Å². The van der Waals surface area contributed by atoms with Crippen LogP contribution in [0.1, 0.15) is 18.1 Å². The van der Waals surface area contributed by atoms with Gasteiger partial charge in [0, 0.05) is 14.5 Å². The molecule has 1 saturated heterocycles. The number of halogens is 3. The van der Waals surface area contributed by atoms with E-state index in [1.807, 2.05) is 37.3 Å². The second kappa shape index (κ2) is 10.9. The molecule has 0 spiro atoms. The van der Waals surface area contributed by atoms with Gasteiger partial charge >= 0.3 is 0 Å². The molecular weight excluding hydrogens is 679 g/mol. The number of nitrogens with one attached hydrogen (secondary N) is 1. The van der Waals surface area contributed by atoms with Gasteiger partial charge in [0.2, 0.25) is 0 Å². The minimum atomic E-state index is -0.456. The van der Waals surface area contributed by atoms with Gasteiger partial charge in [-0.15, -0.1) is 0 Å². The van der Waals surface area contributed by atoms with Crippen molar-refractivity contribution in [3.8, 4) is 11.5 Å². The predicted molar refractivity (Wildman–Crippen MR) is 147 cm³/mol. The van der Waals surface area contributed by atoms with Gasteiger partial charge in [-0.3, -0.25) is 15.0 Å². The Balaban J connectivity index is 1.61. The molecular formula is C25H19Br2IN2O4. The summed E-state index contributed by atoms with van der Waals surface area (Å²) in [6.45, 7) is 2.67. The Labute approximate surface area is 227 Å². The third kappa shape index (κ3) is 5.47. The van der Waals surface area contributed by atoms with Crippen molar-refractivity contribution in [3.63, 3.8) is 0 Å².